The maximum atomic E-state index is 12.3. The van der Waals surface area contributed by atoms with E-state index in [9.17, 15) is 9.18 Å². The van der Waals surface area contributed by atoms with Gasteiger partial charge in [0.25, 0.3) is 0 Å². The van der Waals surface area contributed by atoms with Crippen LogP contribution in [0.15, 0.2) is 0 Å². The molecule has 0 saturated carbocycles. The molecule has 7 heteroatoms. The van der Waals surface area contributed by atoms with E-state index in [4.69, 9.17) is 16.2 Å². The lowest BCUT2D eigenvalue weighted by molar-refractivity contribution is -0.141. The molecule has 0 radical (unpaired) electrons. The maximum Gasteiger partial charge on any atom is 0.326 e. The van der Waals surface area contributed by atoms with E-state index in [0.717, 1.165) is 0 Å². The molecule has 0 aliphatic carbocycles. The molecule has 0 spiro atoms. The second-order valence-corrected chi connectivity index (χ2v) is 3.38. The fourth-order valence-corrected chi connectivity index (χ4v) is 1.47. The number of halogens is 1. The second-order valence-electron chi connectivity index (χ2n) is 2.93. The van der Waals surface area contributed by atoms with Crippen molar-refractivity contribution in [1.82, 2.24) is 4.90 Å². The number of carboxylic acids is 1. The summed E-state index contributed by atoms with van der Waals surface area (Å²) in [5, 5.41) is 16.2. The van der Waals surface area contributed by atoms with E-state index in [1.54, 1.807) is 0 Å². The van der Waals surface area contributed by atoms with Gasteiger partial charge >= 0.3 is 5.97 Å². The molecular weight excluding hydrogens is 221 g/mol. The van der Waals surface area contributed by atoms with Gasteiger partial charge in [-0.25, -0.2) is 9.18 Å². The van der Waals surface area contributed by atoms with Crippen LogP contribution in [0.3, 0.4) is 0 Å². The van der Waals surface area contributed by atoms with E-state index in [2.05, 4.69) is 12.6 Å². The number of thiol groups is 1. The Balaban J connectivity index is 4.66. The van der Waals surface area contributed by atoms with Crippen molar-refractivity contribution < 1.29 is 14.3 Å². The zero-order valence-corrected chi connectivity index (χ0v) is 9.21. The summed E-state index contributed by atoms with van der Waals surface area (Å²) in [5.74, 6) is -1.08. The molecule has 0 amide bonds. The molecule has 88 valence electrons. The third-order valence-corrected chi connectivity index (χ3v) is 2.17. The van der Waals surface area contributed by atoms with Crippen LogP contribution in [0.5, 0.6) is 0 Å². The maximum absolute atomic E-state index is 12.3. The first-order valence-corrected chi connectivity index (χ1v) is 5.15. The van der Waals surface area contributed by atoms with E-state index < -0.39 is 18.7 Å². The molecule has 0 unspecified atom stereocenters. The third kappa shape index (κ3) is 4.48. The summed E-state index contributed by atoms with van der Waals surface area (Å²) in [6.45, 7) is -0.650. The average Bonchev–Trinajstić information content (AvgIpc) is 2.21. The first-order chi connectivity index (χ1) is 7.08. The monoisotopic (exact) mass is 237 g/mol. The summed E-state index contributed by atoms with van der Waals surface area (Å²) in [6, 6.07) is -0.922. The Labute approximate surface area is 93.4 Å². The Kier molecular flexibility index (Phi) is 7.06. The number of hydrogen-bond acceptors (Lipinski definition) is 4. The third-order valence-electron chi connectivity index (χ3n) is 1.91. The lowest BCUT2D eigenvalue weighted by Gasteiger charge is -2.29. The predicted octanol–water partition coefficient (Wildman–Crippen LogP) is -0.0330. The van der Waals surface area contributed by atoms with Gasteiger partial charge in [0.15, 0.2) is 0 Å². The van der Waals surface area contributed by atoms with Crippen molar-refractivity contribution in [2.24, 2.45) is 5.73 Å². The van der Waals surface area contributed by atoms with Gasteiger partial charge in [-0.15, -0.1) is 0 Å². The van der Waals surface area contributed by atoms with Gasteiger partial charge in [-0.05, 0) is 12.2 Å². The molecule has 0 rings (SSSR count). The normalized spacial score (nSPS) is 12.2. The summed E-state index contributed by atoms with van der Waals surface area (Å²) in [6.07, 6.45) is 0.251. The van der Waals surface area contributed by atoms with Crippen molar-refractivity contribution in [3.63, 3.8) is 0 Å². The number of carbonyl (C=O) groups is 1. The highest BCUT2D eigenvalue weighted by atomic mass is 32.1. The molecule has 0 aliphatic heterocycles. The number of alkyl halides is 1. The molecule has 0 bridgehead atoms. The van der Waals surface area contributed by atoms with Crippen molar-refractivity contribution in [3.05, 3.63) is 0 Å². The minimum atomic E-state index is -1.09. The van der Waals surface area contributed by atoms with Crippen LogP contribution in [-0.2, 0) is 4.79 Å². The van der Waals surface area contributed by atoms with Crippen molar-refractivity contribution in [1.29, 1.82) is 5.41 Å². The van der Waals surface area contributed by atoms with Gasteiger partial charge < -0.3 is 15.7 Å². The molecule has 5 nitrogen and oxygen atoms in total. The zero-order valence-electron chi connectivity index (χ0n) is 8.32. The lowest BCUT2D eigenvalue weighted by Crippen LogP contribution is -2.48. The van der Waals surface area contributed by atoms with Crippen LogP contribution in [0.4, 0.5) is 4.39 Å². The molecular formula is C8H16FN3O2S. The number of amidine groups is 1. The molecule has 0 fully saturated rings. The summed E-state index contributed by atoms with van der Waals surface area (Å²) in [4.78, 5) is 12.1. The average molecular weight is 237 g/mol. The predicted molar refractivity (Wildman–Crippen MR) is 59.4 cm³/mol. The largest absolute Gasteiger partial charge is 0.480 e. The number of nitrogens with one attached hydrogen (secondary N) is 1. The van der Waals surface area contributed by atoms with E-state index in [1.165, 1.54) is 4.90 Å². The van der Waals surface area contributed by atoms with Crippen LogP contribution in [0.1, 0.15) is 6.42 Å². The molecule has 0 aliphatic rings. The molecule has 0 aromatic carbocycles. The topological polar surface area (TPSA) is 90.4 Å². The van der Waals surface area contributed by atoms with Crippen LogP contribution < -0.4 is 5.73 Å². The molecule has 0 aromatic heterocycles. The summed E-state index contributed by atoms with van der Waals surface area (Å²) in [5.41, 5.74) is 5.28. The van der Waals surface area contributed by atoms with Crippen molar-refractivity contribution in [3.8, 4) is 0 Å². The molecule has 4 N–H and O–H groups in total. The Morgan fingerprint density at radius 3 is 2.60 bits per heavy atom. The minimum Gasteiger partial charge on any atom is -0.480 e. The highest BCUT2D eigenvalue weighted by molar-refractivity contribution is 7.80. The summed E-state index contributed by atoms with van der Waals surface area (Å²) >= 11 is 3.93. The van der Waals surface area contributed by atoms with Gasteiger partial charge in [0.2, 0.25) is 0 Å². The van der Waals surface area contributed by atoms with Crippen molar-refractivity contribution >= 4 is 24.4 Å². The first-order valence-electron chi connectivity index (χ1n) is 4.52. The van der Waals surface area contributed by atoms with E-state index in [1.807, 2.05) is 0 Å². The van der Waals surface area contributed by atoms with Gasteiger partial charge in [-0.3, -0.25) is 5.41 Å². The van der Waals surface area contributed by atoms with Gasteiger partial charge in [0, 0.05) is 13.1 Å². The van der Waals surface area contributed by atoms with Crippen LogP contribution >= 0.6 is 12.6 Å². The SMILES string of the molecule is N=C(CF)N(CCN)[C@@H](CCS)C(=O)O. The standard InChI is InChI=1S/C8H16FN3O2S/c9-5-7(11)12(3-2-10)6(1-4-15)8(13)14/h6,11,15H,1-5,10H2,(H,13,14)/t6-/m0/s1. The summed E-state index contributed by atoms with van der Waals surface area (Å²) in [7, 11) is 0. The zero-order chi connectivity index (χ0) is 11.8. The van der Waals surface area contributed by atoms with E-state index in [0.29, 0.717) is 5.75 Å². The Morgan fingerprint density at radius 2 is 2.27 bits per heavy atom. The first kappa shape index (κ1) is 14.2. The fraction of sp³-hybridized carbons (Fsp3) is 0.750. The minimum absolute atomic E-state index is 0.160. The fourth-order valence-electron chi connectivity index (χ4n) is 1.23. The number of rotatable bonds is 7. The van der Waals surface area contributed by atoms with Crippen molar-refractivity contribution in [2.45, 2.75) is 12.5 Å². The Morgan fingerprint density at radius 1 is 1.67 bits per heavy atom. The Hall–Kier alpha value is -0.820. The van der Waals surface area contributed by atoms with Crippen LogP contribution in [-0.4, -0.2) is 53.4 Å². The second kappa shape index (κ2) is 7.47. The quantitative estimate of drug-likeness (QED) is 0.284. The molecule has 1 atom stereocenters. The summed E-state index contributed by atoms with van der Waals surface area (Å²) < 4.78 is 12.3. The van der Waals surface area contributed by atoms with Gasteiger partial charge in [0.05, 0.1) is 0 Å². The van der Waals surface area contributed by atoms with Crippen LogP contribution in [0.25, 0.3) is 0 Å². The number of nitrogens with zero attached hydrogens (tertiary/aromatic N) is 1. The number of hydrogen-bond donors (Lipinski definition) is 4. The number of nitrogens with two attached hydrogens (primary N) is 1. The molecule has 0 saturated heterocycles. The highest BCUT2D eigenvalue weighted by Gasteiger charge is 2.26. The van der Waals surface area contributed by atoms with Crippen LogP contribution in [0.2, 0.25) is 0 Å². The smallest absolute Gasteiger partial charge is 0.326 e. The van der Waals surface area contributed by atoms with Gasteiger partial charge in [0.1, 0.15) is 18.6 Å². The number of aliphatic carboxylic acids is 1. The molecule has 0 heterocycles. The van der Waals surface area contributed by atoms with Gasteiger partial charge in [-0.1, -0.05) is 0 Å². The number of carboxylic acid groups (broad SMARTS) is 1. The van der Waals surface area contributed by atoms with E-state index in [-0.39, 0.29) is 25.3 Å². The molecule has 0 aromatic rings. The van der Waals surface area contributed by atoms with E-state index >= 15 is 0 Å². The Bertz CT molecular complexity index is 228. The van der Waals surface area contributed by atoms with Gasteiger partial charge in [-0.2, -0.15) is 12.6 Å². The molecule has 15 heavy (non-hydrogen) atoms. The lowest BCUT2D eigenvalue weighted by atomic mass is 10.2. The highest BCUT2D eigenvalue weighted by Crippen LogP contribution is 2.07. The van der Waals surface area contributed by atoms with Crippen molar-refractivity contribution in [2.75, 3.05) is 25.5 Å². The van der Waals surface area contributed by atoms with Crippen LogP contribution in [0, 0.1) is 5.41 Å².